The Morgan fingerprint density at radius 1 is 0.800 bits per heavy atom. The average Bonchev–Trinajstić information content (AvgIpc) is 2.70. The summed E-state index contributed by atoms with van der Waals surface area (Å²) >= 11 is 0. The molecular weight excluding hydrogens is 472 g/mol. The Morgan fingerprint density at radius 3 is 1.91 bits per heavy atom. The van der Waals surface area contributed by atoms with Crippen LogP contribution in [0.4, 0.5) is 0 Å². The van der Waals surface area contributed by atoms with E-state index in [2.05, 4.69) is 67.7 Å². The zero-order valence-corrected chi connectivity index (χ0v) is 24.7. The van der Waals surface area contributed by atoms with Gasteiger partial charge in [0.1, 0.15) is 29.4 Å². The molecule has 0 saturated heterocycles. The van der Waals surface area contributed by atoms with E-state index in [-0.39, 0.29) is 15.7 Å². The van der Waals surface area contributed by atoms with E-state index in [4.69, 9.17) is 18.0 Å². The molecule has 0 atom stereocenters. The van der Waals surface area contributed by atoms with Crippen molar-refractivity contribution in [2.24, 2.45) is 0 Å². The second kappa shape index (κ2) is 8.27. The Balaban J connectivity index is 1.73. The third kappa shape index (κ3) is 4.68. The van der Waals surface area contributed by atoms with E-state index in [1.165, 1.54) is 0 Å². The molecule has 35 heavy (non-hydrogen) atoms. The number of hydrogen-bond acceptors (Lipinski definition) is 5. The average molecular weight is 511 g/mol. The van der Waals surface area contributed by atoms with Gasteiger partial charge in [-0.25, -0.2) is 4.79 Å². The molecule has 2 heterocycles. The predicted octanol–water partition coefficient (Wildman–Crippen LogP) is 8.12. The molecule has 3 aromatic rings. The zero-order chi connectivity index (χ0) is 26.0. The highest BCUT2D eigenvalue weighted by Crippen LogP contribution is 2.43. The van der Waals surface area contributed by atoms with Gasteiger partial charge >= 0.3 is 5.63 Å². The van der Waals surface area contributed by atoms with E-state index in [1.54, 1.807) is 0 Å². The molecular formula is C28H38O5Si2. The van der Waals surface area contributed by atoms with Crippen molar-refractivity contribution in [3.05, 3.63) is 52.4 Å². The number of benzene rings is 2. The lowest BCUT2D eigenvalue weighted by molar-refractivity contribution is 0.301. The molecule has 1 aromatic heterocycles. The molecule has 1 aliphatic rings. The maximum atomic E-state index is 13.2. The third-order valence-corrected chi connectivity index (χ3v) is 16.7. The summed E-state index contributed by atoms with van der Waals surface area (Å²) < 4.78 is 24.8. The number of hydrogen-bond donors (Lipinski definition) is 0. The second-order valence-electron chi connectivity index (χ2n) is 12.6. The van der Waals surface area contributed by atoms with Crippen LogP contribution in [-0.2, 0) is 6.61 Å². The summed E-state index contributed by atoms with van der Waals surface area (Å²) in [6.07, 6.45) is 0. The molecule has 0 amide bonds. The Hall–Kier alpha value is -2.52. The van der Waals surface area contributed by atoms with Gasteiger partial charge in [-0.3, -0.25) is 0 Å². The Morgan fingerprint density at radius 2 is 1.34 bits per heavy atom. The highest BCUT2D eigenvalue weighted by Gasteiger charge is 2.40. The lowest BCUT2D eigenvalue weighted by Crippen LogP contribution is -2.43. The van der Waals surface area contributed by atoms with Crippen LogP contribution in [0, 0.1) is 0 Å². The minimum absolute atomic E-state index is 0.0728. The van der Waals surface area contributed by atoms with Crippen LogP contribution < -0.4 is 19.2 Å². The first-order chi connectivity index (χ1) is 16.0. The molecule has 0 unspecified atom stereocenters. The molecule has 0 aliphatic carbocycles. The largest absolute Gasteiger partial charge is 0.543 e. The van der Waals surface area contributed by atoms with Gasteiger partial charge in [-0.15, -0.1) is 0 Å². The Labute approximate surface area is 210 Å². The monoisotopic (exact) mass is 510 g/mol. The van der Waals surface area contributed by atoms with Crippen molar-refractivity contribution in [2.75, 3.05) is 0 Å². The minimum Gasteiger partial charge on any atom is -0.543 e. The molecule has 0 bridgehead atoms. The van der Waals surface area contributed by atoms with Crippen molar-refractivity contribution in [3.8, 4) is 28.4 Å². The second-order valence-corrected chi connectivity index (χ2v) is 22.0. The van der Waals surface area contributed by atoms with E-state index in [9.17, 15) is 4.79 Å². The van der Waals surface area contributed by atoms with Crippen molar-refractivity contribution in [2.45, 2.75) is 84.4 Å². The molecule has 0 fully saturated rings. The maximum Gasteiger partial charge on any atom is 0.344 e. The van der Waals surface area contributed by atoms with Crippen LogP contribution in [0.5, 0.6) is 17.2 Å². The van der Waals surface area contributed by atoms with Gasteiger partial charge in [0.05, 0.1) is 5.56 Å². The molecule has 0 saturated carbocycles. The summed E-state index contributed by atoms with van der Waals surface area (Å²) in [6, 6.07) is 11.5. The van der Waals surface area contributed by atoms with Gasteiger partial charge in [0.2, 0.25) is 16.6 Å². The Kier molecular flexibility index (Phi) is 6.04. The van der Waals surface area contributed by atoms with Gasteiger partial charge < -0.3 is 18.0 Å². The third-order valence-electron chi connectivity index (χ3n) is 7.94. The summed E-state index contributed by atoms with van der Waals surface area (Å²) in [7, 11) is -4.00. The quantitative estimate of drug-likeness (QED) is 0.262. The van der Waals surface area contributed by atoms with Gasteiger partial charge in [-0.05, 0) is 60.5 Å². The lowest BCUT2D eigenvalue weighted by atomic mass is 9.96. The summed E-state index contributed by atoms with van der Waals surface area (Å²) in [5.74, 6) is 2.16. The van der Waals surface area contributed by atoms with Gasteiger partial charge in [-0.2, -0.15) is 0 Å². The Bertz CT molecular complexity index is 1340. The minimum atomic E-state index is -2.01. The van der Waals surface area contributed by atoms with Crippen LogP contribution in [0.2, 0.25) is 36.3 Å². The topological polar surface area (TPSA) is 57.9 Å². The molecule has 2 aromatic carbocycles. The summed E-state index contributed by atoms with van der Waals surface area (Å²) in [6.45, 7) is 22.4. The first-order valence-electron chi connectivity index (χ1n) is 12.3. The molecule has 0 radical (unpaired) electrons. The van der Waals surface area contributed by atoms with E-state index in [0.29, 0.717) is 23.5 Å². The van der Waals surface area contributed by atoms with Gasteiger partial charge in [-0.1, -0.05) is 41.5 Å². The van der Waals surface area contributed by atoms with Crippen LogP contribution in [0.1, 0.15) is 47.1 Å². The SMILES string of the molecule is CC(C)(C)[Si](C)(C)Oc1ccc2c(c1)OCc1c-2c(=O)oc2cc(O[Si](C)(C)C(C)(C)C)ccc12. The zero-order valence-electron chi connectivity index (χ0n) is 22.7. The van der Waals surface area contributed by atoms with Crippen LogP contribution in [0.3, 0.4) is 0 Å². The molecule has 7 heteroatoms. The fourth-order valence-corrected chi connectivity index (χ4v) is 5.71. The first-order valence-corrected chi connectivity index (χ1v) is 18.1. The smallest absolute Gasteiger partial charge is 0.344 e. The predicted molar refractivity (Wildman–Crippen MR) is 148 cm³/mol. The summed E-state index contributed by atoms with van der Waals surface area (Å²) in [4.78, 5) is 13.2. The molecule has 5 nitrogen and oxygen atoms in total. The van der Waals surface area contributed by atoms with Crippen LogP contribution >= 0.6 is 0 Å². The van der Waals surface area contributed by atoms with Crippen molar-refractivity contribution >= 4 is 27.6 Å². The van der Waals surface area contributed by atoms with Crippen molar-refractivity contribution in [3.63, 3.8) is 0 Å². The molecule has 188 valence electrons. The van der Waals surface area contributed by atoms with E-state index in [0.717, 1.165) is 28.0 Å². The van der Waals surface area contributed by atoms with Crippen molar-refractivity contribution < 1.29 is 18.0 Å². The standard InChI is InChI=1S/C28H38O5Si2/c1-27(2,3)34(7,8)32-18-12-14-21-23(15-18)30-17-22-20-13-11-19(33-35(9,10)28(4,5)6)16-24(20)31-26(29)25(21)22/h11-16H,17H2,1-10H3. The molecule has 0 N–H and O–H groups in total. The normalized spacial score (nSPS) is 14.2. The van der Waals surface area contributed by atoms with Crippen molar-refractivity contribution in [1.29, 1.82) is 0 Å². The lowest BCUT2D eigenvalue weighted by Gasteiger charge is -2.36. The van der Waals surface area contributed by atoms with Crippen LogP contribution in [0.25, 0.3) is 22.1 Å². The van der Waals surface area contributed by atoms with Crippen molar-refractivity contribution in [1.82, 2.24) is 0 Å². The molecule has 1 aliphatic heterocycles. The van der Waals surface area contributed by atoms with Gasteiger partial charge in [0.15, 0.2) is 0 Å². The highest BCUT2D eigenvalue weighted by atomic mass is 28.4. The maximum absolute atomic E-state index is 13.2. The first kappa shape index (κ1) is 25.6. The van der Waals surface area contributed by atoms with E-state index in [1.807, 2.05) is 36.4 Å². The number of ether oxygens (including phenoxy) is 1. The summed E-state index contributed by atoms with van der Waals surface area (Å²) in [5.41, 5.74) is 2.32. The van der Waals surface area contributed by atoms with Crippen LogP contribution in [-0.4, -0.2) is 16.6 Å². The van der Waals surface area contributed by atoms with Crippen LogP contribution in [0.15, 0.2) is 45.6 Å². The summed E-state index contributed by atoms with van der Waals surface area (Å²) in [5, 5.41) is 1.03. The molecule has 0 spiro atoms. The van der Waals surface area contributed by atoms with Gasteiger partial charge in [0, 0.05) is 28.6 Å². The van der Waals surface area contributed by atoms with Gasteiger partial charge in [0.25, 0.3) is 0 Å². The van der Waals surface area contributed by atoms with E-state index >= 15 is 0 Å². The number of fused-ring (bicyclic) bond motifs is 5. The number of rotatable bonds is 4. The fraction of sp³-hybridized carbons (Fsp3) is 0.464. The molecule has 4 rings (SSSR count). The van der Waals surface area contributed by atoms with E-state index < -0.39 is 16.6 Å². The fourth-order valence-electron chi connectivity index (χ4n) is 3.67. The highest BCUT2D eigenvalue weighted by molar-refractivity contribution is 6.75.